The number of nitrogens with one attached hydrogen (secondary N) is 1. The first-order valence-electron chi connectivity index (χ1n) is 7.22. The Morgan fingerprint density at radius 1 is 1.18 bits per heavy atom. The van der Waals surface area contributed by atoms with Crippen LogP contribution in [-0.2, 0) is 0 Å². The van der Waals surface area contributed by atoms with E-state index >= 15 is 0 Å². The van der Waals surface area contributed by atoms with Gasteiger partial charge in [-0.3, -0.25) is 4.90 Å². The zero-order chi connectivity index (χ0) is 12.5. The van der Waals surface area contributed by atoms with E-state index in [9.17, 15) is 0 Å². The fourth-order valence-electron chi connectivity index (χ4n) is 3.75. The molecule has 1 aliphatic heterocycles. The van der Waals surface area contributed by atoms with Crippen molar-refractivity contribution in [1.29, 1.82) is 0 Å². The zero-order valence-electron chi connectivity index (χ0n) is 12.0. The van der Waals surface area contributed by atoms with Gasteiger partial charge in [-0.05, 0) is 31.8 Å². The molecular weight excluding hydrogens is 210 g/mol. The van der Waals surface area contributed by atoms with E-state index in [0.717, 1.165) is 6.04 Å². The van der Waals surface area contributed by atoms with Crippen LogP contribution in [0, 0.1) is 5.41 Å². The number of piperazine rings is 1. The van der Waals surface area contributed by atoms with Crippen LogP contribution in [0.3, 0.4) is 0 Å². The molecule has 0 aromatic heterocycles. The zero-order valence-corrected chi connectivity index (χ0v) is 12.0. The van der Waals surface area contributed by atoms with Crippen LogP contribution in [0.2, 0.25) is 0 Å². The molecule has 17 heavy (non-hydrogen) atoms. The summed E-state index contributed by atoms with van der Waals surface area (Å²) in [5.74, 6) is 0. The molecule has 2 unspecified atom stereocenters. The normalized spacial score (nSPS) is 35.3. The summed E-state index contributed by atoms with van der Waals surface area (Å²) in [6.07, 6.45) is 2.72. The Bertz CT molecular complexity index is 244. The molecule has 0 aromatic carbocycles. The summed E-state index contributed by atoms with van der Waals surface area (Å²) in [4.78, 5) is 5.28. The van der Waals surface area contributed by atoms with Gasteiger partial charge >= 0.3 is 0 Å². The second-order valence-electron chi connectivity index (χ2n) is 6.33. The molecule has 2 aliphatic rings. The average molecular weight is 239 g/mol. The molecule has 100 valence electrons. The van der Waals surface area contributed by atoms with Crippen LogP contribution in [0.4, 0.5) is 0 Å². The van der Waals surface area contributed by atoms with E-state index in [-0.39, 0.29) is 0 Å². The summed E-state index contributed by atoms with van der Waals surface area (Å²) in [7, 11) is 2.13. The molecule has 3 heteroatoms. The van der Waals surface area contributed by atoms with Gasteiger partial charge in [0.25, 0.3) is 0 Å². The van der Waals surface area contributed by atoms with Crippen molar-refractivity contribution >= 4 is 0 Å². The van der Waals surface area contributed by atoms with Crippen LogP contribution in [-0.4, -0.2) is 61.7 Å². The molecule has 1 saturated heterocycles. The summed E-state index contributed by atoms with van der Waals surface area (Å²) in [5.41, 5.74) is 0.460. The standard InChI is InChI=1S/C14H29N3/c1-5-16-8-10-17(11-9-16)12-6-7-14(2,3)13(12)15-4/h12-13,15H,5-11H2,1-4H3. The topological polar surface area (TPSA) is 18.5 Å². The van der Waals surface area contributed by atoms with E-state index in [1.165, 1.54) is 45.6 Å². The summed E-state index contributed by atoms with van der Waals surface area (Å²) in [5, 5.41) is 3.57. The highest BCUT2D eigenvalue weighted by Gasteiger charge is 2.43. The Morgan fingerprint density at radius 3 is 2.35 bits per heavy atom. The Balaban J connectivity index is 1.95. The van der Waals surface area contributed by atoms with Crippen molar-refractivity contribution in [3.63, 3.8) is 0 Å². The van der Waals surface area contributed by atoms with Crippen molar-refractivity contribution in [2.75, 3.05) is 39.8 Å². The van der Waals surface area contributed by atoms with Crippen LogP contribution < -0.4 is 5.32 Å². The Labute approximate surface area is 107 Å². The molecule has 1 heterocycles. The van der Waals surface area contributed by atoms with Crippen molar-refractivity contribution in [2.45, 2.75) is 45.7 Å². The van der Waals surface area contributed by atoms with Crippen molar-refractivity contribution in [3.8, 4) is 0 Å². The highest BCUT2D eigenvalue weighted by atomic mass is 15.3. The van der Waals surface area contributed by atoms with Gasteiger partial charge in [-0.2, -0.15) is 0 Å². The van der Waals surface area contributed by atoms with Gasteiger partial charge in [-0.15, -0.1) is 0 Å². The van der Waals surface area contributed by atoms with Gasteiger partial charge in [0.1, 0.15) is 0 Å². The van der Waals surface area contributed by atoms with E-state index in [4.69, 9.17) is 0 Å². The highest BCUT2D eigenvalue weighted by Crippen LogP contribution is 2.39. The van der Waals surface area contributed by atoms with Crippen molar-refractivity contribution in [1.82, 2.24) is 15.1 Å². The number of hydrogen-bond acceptors (Lipinski definition) is 3. The maximum atomic E-state index is 3.57. The van der Waals surface area contributed by atoms with Gasteiger partial charge in [-0.25, -0.2) is 0 Å². The summed E-state index contributed by atoms with van der Waals surface area (Å²) in [6, 6.07) is 1.42. The monoisotopic (exact) mass is 239 g/mol. The number of likely N-dealkylation sites (N-methyl/N-ethyl adjacent to an activating group) is 2. The lowest BCUT2D eigenvalue weighted by atomic mass is 9.86. The minimum absolute atomic E-state index is 0.460. The minimum atomic E-state index is 0.460. The predicted molar refractivity (Wildman–Crippen MR) is 73.3 cm³/mol. The first-order chi connectivity index (χ1) is 8.08. The molecule has 2 fully saturated rings. The second-order valence-corrected chi connectivity index (χ2v) is 6.33. The van der Waals surface area contributed by atoms with Gasteiger partial charge in [0.2, 0.25) is 0 Å². The number of hydrogen-bond donors (Lipinski definition) is 1. The van der Waals surface area contributed by atoms with E-state index in [0.29, 0.717) is 11.5 Å². The van der Waals surface area contributed by atoms with Gasteiger partial charge in [0, 0.05) is 38.3 Å². The molecule has 1 saturated carbocycles. The largest absolute Gasteiger partial charge is 0.315 e. The van der Waals surface area contributed by atoms with Crippen LogP contribution in [0.1, 0.15) is 33.6 Å². The lowest BCUT2D eigenvalue weighted by molar-refractivity contribution is 0.0807. The van der Waals surface area contributed by atoms with Crippen LogP contribution in [0.15, 0.2) is 0 Å². The fourth-order valence-corrected chi connectivity index (χ4v) is 3.75. The van der Waals surface area contributed by atoms with E-state index in [2.05, 4.69) is 42.9 Å². The van der Waals surface area contributed by atoms with E-state index in [1.54, 1.807) is 0 Å². The van der Waals surface area contributed by atoms with Crippen molar-refractivity contribution in [2.24, 2.45) is 5.41 Å². The molecule has 0 bridgehead atoms. The molecule has 2 rings (SSSR count). The molecule has 0 spiro atoms. The summed E-state index contributed by atoms with van der Waals surface area (Å²) in [6.45, 7) is 13.3. The van der Waals surface area contributed by atoms with Crippen LogP contribution >= 0.6 is 0 Å². The third kappa shape index (κ3) is 2.67. The molecule has 1 N–H and O–H groups in total. The van der Waals surface area contributed by atoms with Crippen LogP contribution in [0.25, 0.3) is 0 Å². The smallest absolute Gasteiger partial charge is 0.0271 e. The summed E-state index contributed by atoms with van der Waals surface area (Å²) >= 11 is 0. The molecule has 3 nitrogen and oxygen atoms in total. The molecule has 2 atom stereocenters. The van der Waals surface area contributed by atoms with E-state index in [1.807, 2.05) is 0 Å². The van der Waals surface area contributed by atoms with Crippen molar-refractivity contribution in [3.05, 3.63) is 0 Å². The quantitative estimate of drug-likeness (QED) is 0.803. The lowest BCUT2D eigenvalue weighted by Gasteiger charge is -2.41. The molecule has 0 radical (unpaired) electrons. The number of nitrogens with zero attached hydrogens (tertiary/aromatic N) is 2. The summed E-state index contributed by atoms with van der Waals surface area (Å²) < 4.78 is 0. The Kier molecular flexibility index (Phi) is 4.11. The lowest BCUT2D eigenvalue weighted by Crippen LogP contribution is -2.56. The molecular formula is C14H29N3. The Morgan fingerprint density at radius 2 is 1.82 bits per heavy atom. The molecule has 0 aromatic rings. The number of rotatable bonds is 3. The van der Waals surface area contributed by atoms with Gasteiger partial charge in [-0.1, -0.05) is 20.8 Å². The second kappa shape index (κ2) is 5.25. The van der Waals surface area contributed by atoms with Gasteiger partial charge in [0.15, 0.2) is 0 Å². The SMILES string of the molecule is CCN1CCN(C2CCC(C)(C)C2NC)CC1. The Hall–Kier alpha value is -0.120. The van der Waals surface area contributed by atoms with Crippen molar-refractivity contribution < 1.29 is 0 Å². The van der Waals surface area contributed by atoms with Gasteiger partial charge < -0.3 is 10.2 Å². The maximum Gasteiger partial charge on any atom is 0.0271 e. The van der Waals surface area contributed by atoms with E-state index < -0.39 is 0 Å². The molecule has 1 aliphatic carbocycles. The maximum absolute atomic E-state index is 3.57. The third-order valence-corrected chi connectivity index (χ3v) is 4.95. The van der Waals surface area contributed by atoms with Gasteiger partial charge in [0.05, 0.1) is 0 Å². The fraction of sp³-hybridized carbons (Fsp3) is 1.00. The average Bonchev–Trinajstić information content (AvgIpc) is 2.64. The first-order valence-corrected chi connectivity index (χ1v) is 7.22. The highest BCUT2D eigenvalue weighted by molar-refractivity contribution is 5.01. The minimum Gasteiger partial charge on any atom is -0.315 e. The van der Waals surface area contributed by atoms with Crippen LogP contribution in [0.5, 0.6) is 0 Å². The molecule has 0 amide bonds. The first kappa shape index (κ1) is 13.3. The predicted octanol–water partition coefficient (Wildman–Crippen LogP) is 1.40. The third-order valence-electron chi connectivity index (χ3n) is 4.95.